The summed E-state index contributed by atoms with van der Waals surface area (Å²) in [5, 5.41) is 0. The lowest BCUT2D eigenvalue weighted by Gasteiger charge is -2.37. The smallest absolute Gasteiger partial charge is 0.0954 e. The Hall–Kier alpha value is -3.46. The lowest BCUT2D eigenvalue weighted by Crippen LogP contribution is -2.47. The van der Waals surface area contributed by atoms with E-state index in [0.29, 0.717) is 50.1 Å². The summed E-state index contributed by atoms with van der Waals surface area (Å²) in [5.41, 5.74) is 9.75. The van der Waals surface area contributed by atoms with E-state index in [9.17, 15) is 0 Å². The highest BCUT2D eigenvalue weighted by Crippen LogP contribution is 2.23. The van der Waals surface area contributed by atoms with Gasteiger partial charge in [-0.15, -0.1) is 0 Å². The van der Waals surface area contributed by atoms with Crippen molar-refractivity contribution in [2.24, 2.45) is 23.7 Å². The number of ether oxygens (including phenoxy) is 4. The van der Waals surface area contributed by atoms with Crippen LogP contribution >= 0.6 is 0 Å². The number of benzene rings is 2. The van der Waals surface area contributed by atoms with E-state index in [1.54, 1.807) is 0 Å². The van der Waals surface area contributed by atoms with Crippen LogP contribution in [0.2, 0.25) is 0 Å². The van der Waals surface area contributed by atoms with E-state index in [0.717, 1.165) is 89.2 Å². The Morgan fingerprint density at radius 2 is 0.697 bits per heavy atom. The number of nitrogens with zero attached hydrogens (tertiary/aromatic N) is 8. The summed E-state index contributed by atoms with van der Waals surface area (Å²) in [4.78, 5) is 19.2. The molecule has 76 heavy (non-hydrogen) atoms. The van der Waals surface area contributed by atoms with Gasteiger partial charge in [0.05, 0.1) is 74.9 Å². The largest absolute Gasteiger partial charge is 0.376 e. The number of imidazole rings is 2. The van der Waals surface area contributed by atoms with Crippen LogP contribution in [0, 0.1) is 51.4 Å². The van der Waals surface area contributed by atoms with Gasteiger partial charge in [-0.05, 0) is 154 Å². The zero-order valence-electron chi connectivity index (χ0n) is 51.2. The molecular weight excluding hydrogens is 945 g/mol. The maximum Gasteiger partial charge on any atom is 0.0954 e. The molecule has 2 aromatic carbocycles. The fourth-order valence-electron chi connectivity index (χ4n) is 11.1. The summed E-state index contributed by atoms with van der Waals surface area (Å²) in [6.07, 6.45) is 9.90. The van der Waals surface area contributed by atoms with Gasteiger partial charge in [-0.3, -0.25) is 19.6 Å². The Balaban J connectivity index is 1.41. The average Bonchev–Trinajstić information content (AvgIpc) is 3.84. The molecule has 3 heterocycles. The van der Waals surface area contributed by atoms with Crippen LogP contribution in [0.4, 0.5) is 0 Å². The van der Waals surface area contributed by atoms with Crippen molar-refractivity contribution in [3.63, 3.8) is 0 Å². The molecule has 0 N–H and O–H groups in total. The van der Waals surface area contributed by atoms with E-state index in [-0.39, 0.29) is 48.6 Å². The lowest BCUT2D eigenvalue weighted by atomic mass is 10.0. The summed E-state index contributed by atoms with van der Waals surface area (Å²) in [5.74, 6) is 2.10. The first-order valence-electron chi connectivity index (χ1n) is 29.4. The normalized spacial score (nSPS) is 25.0. The van der Waals surface area contributed by atoms with Crippen molar-refractivity contribution in [3.8, 4) is 0 Å². The third-order valence-electron chi connectivity index (χ3n) is 16.1. The van der Waals surface area contributed by atoms with Gasteiger partial charge in [-0.2, -0.15) is 0 Å². The van der Waals surface area contributed by atoms with Crippen molar-refractivity contribution >= 4 is 0 Å². The predicted octanol–water partition coefficient (Wildman–Crippen LogP) is 11.2. The van der Waals surface area contributed by atoms with Gasteiger partial charge in [-0.1, -0.05) is 104 Å². The standard InChI is InChI=1S/C64H108N8O4/c1-45(2)27-59-39-73-49(9)33-67(15)62(30-48(7)8)42-76-64(32-56-21-25-58(26-22-56)36-72-44-66-52(12)54(72)14)38-70(18)60(28-46(3)4)40-74-50(10)34-68(16)61(29-47(5)6)41-75-63(37-69(59)17)31-55-19-23-57(24-20-55)35-71-43-65-51(11)53(71)13/h19-26,43-50,59-64H,27-42H2,1-18H3/t49-,50-,59+,60+,61+,62+,63-,64-/m1/s1. The molecule has 1 saturated heterocycles. The van der Waals surface area contributed by atoms with Gasteiger partial charge in [0.25, 0.3) is 0 Å². The van der Waals surface area contributed by atoms with Crippen molar-refractivity contribution in [1.29, 1.82) is 0 Å². The first-order chi connectivity index (χ1) is 36.0. The quantitative estimate of drug-likeness (QED) is 0.108. The van der Waals surface area contributed by atoms with Crippen LogP contribution in [0.15, 0.2) is 61.2 Å². The second-order valence-corrected chi connectivity index (χ2v) is 25.2. The molecule has 2 aromatic heterocycles. The van der Waals surface area contributed by atoms with E-state index in [1.807, 2.05) is 12.7 Å². The Labute approximate surface area is 463 Å². The minimum Gasteiger partial charge on any atom is -0.376 e. The molecule has 12 nitrogen and oxygen atoms in total. The highest BCUT2D eigenvalue weighted by molar-refractivity contribution is 5.26. The van der Waals surface area contributed by atoms with Crippen molar-refractivity contribution < 1.29 is 18.9 Å². The minimum absolute atomic E-state index is 0.00350. The third kappa shape index (κ3) is 21.3. The highest BCUT2D eigenvalue weighted by atomic mass is 16.5. The summed E-state index contributed by atoms with van der Waals surface area (Å²) in [6.45, 7) is 39.2. The molecule has 0 unspecified atom stereocenters. The molecule has 4 aromatic rings. The molecule has 1 aliphatic heterocycles. The SMILES string of the molecule is Cc1ncn(Cc2ccc(C[C@@H]3CN(C)[C@@H](CC(C)C)CO[C@H](C)CN(C)[C@@H](CC(C)C)CO[C@H](Cc4ccc(Cn5cnc(C)c5C)cc4)CN(C)[C@@H](CC(C)C)CO[C@H](C)CN(C)[C@@H](CC(C)C)CO3)cc2)c1C. The number of rotatable bonds is 16. The van der Waals surface area contributed by atoms with Crippen LogP contribution in [0.3, 0.4) is 0 Å². The zero-order valence-corrected chi connectivity index (χ0v) is 51.2. The average molecular weight is 1050 g/mol. The molecule has 1 aliphatic rings. The van der Waals surface area contributed by atoms with Crippen LogP contribution in [0.25, 0.3) is 0 Å². The summed E-state index contributed by atoms with van der Waals surface area (Å²) >= 11 is 0. The topological polar surface area (TPSA) is 85.5 Å². The predicted molar refractivity (Wildman–Crippen MR) is 316 cm³/mol. The molecule has 0 bridgehead atoms. The van der Waals surface area contributed by atoms with Gasteiger partial charge in [0.1, 0.15) is 0 Å². The Bertz CT molecular complexity index is 2050. The monoisotopic (exact) mass is 1050 g/mol. The maximum absolute atomic E-state index is 7.21. The molecule has 0 radical (unpaired) electrons. The number of hydrogen-bond acceptors (Lipinski definition) is 10. The number of likely N-dealkylation sites (N-methyl/N-ethyl adjacent to an activating group) is 4. The van der Waals surface area contributed by atoms with E-state index >= 15 is 0 Å². The second-order valence-electron chi connectivity index (χ2n) is 25.2. The van der Waals surface area contributed by atoms with Crippen LogP contribution in [-0.4, -0.2) is 168 Å². The molecule has 0 spiro atoms. The fraction of sp³-hybridized carbons (Fsp3) is 0.719. The molecule has 1 fully saturated rings. The van der Waals surface area contributed by atoms with Gasteiger partial charge in [-0.25, -0.2) is 9.97 Å². The molecular formula is C64H108N8O4. The van der Waals surface area contributed by atoms with Crippen molar-refractivity contribution in [3.05, 3.63) is 106 Å². The van der Waals surface area contributed by atoms with E-state index < -0.39 is 0 Å². The van der Waals surface area contributed by atoms with E-state index in [1.165, 1.54) is 33.6 Å². The lowest BCUT2D eigenvalue weighted by molar-refractivity contribution is -0.0536. The fourth-order valence-corrected chi connectivity index (χ4v) is 11.1. The third-order valence-corrected chi connectivity index (χ3v) is 16.1. The number of hydrogen-bond donors (Lipinski definition) is 0. The van der Waals surface area contributed by atoms with Crippen molar-refractivity contribution in [2.45, 2.75) is 197 Å². The minimum atomic E-state index is 0.00350. The van der Waals surface area contributed by atoms with Gasteiger partial charge in [0.2, 0.25) is 0 Å². The first-order valence-corrected chi connectivity index (χ1v) is 29.4. The molecule has 428 valence electrons. The molecule has 8 atom stereocenters. The van der Waals surface area contributed by atoms with Gasteiger partial charge < -0.3 is 28.1 Å². The molecule has 12 heteroatoms. The van der Waals surface area contributed by atoms with Crippen molar-refractivity contribution in [2.75, 3.05) is 80.8 Å². The second kappa shape index (κ2) is 31.4. The Morgan fingerprint density at radius 1 is 0.421 bits per heavy atom. The molecule has 0 aliphatic carbocycles. The zero-order chi connectivity index (χ0) is 55.6. The Morgan fingerprint density at radius 3 is 0.974 bits per heavy atom. The highest BCUT2D eigenvalue weighted by Gasteiger charge is 2.29. The van der Waals surface area contributed by atoms with Crippen LogP contribution in [-0.2, 0) is 44.9 Å². The van der Waals surface area contributed by atoms with Gasteiger partial charge in [0, 0.05) is 74.8 Å². The summed E-state index contributed by atoms with van der Waals surface area (Å²) in [7, 11) is 9.13. The van der Waals surface area contributed by atoms with Crippen LogP contribution in [0.1, 0.15) is 140 Å². The van der Waals surface area contributed by atoms with Crippen LogP contribution < -0.4 is 0 Å². The molecule has 0 amide bonds. The van der Waals surface area contributed by atoms with Gasteiger partial charge >= 0.3 is 0 Å². The molecule has 0 saturated carbocycles. The Kier molecular flexibility index (Phi) is 26.2. The van der Waals surface area contributed by atoms with Crippen molar-refractivity contribution in [1.82, 2.24) is 38.7 Å². The van der Waals surface area contributed by atoms with Gasteiger partial charge in [0.15, 0.2) is 0 Å². The number of aromatic nitrogens is 4. The first kappa shape index (κ1) is 63.4. The number of aryl methyl sites for hydroxylation is 2. The summed E-state index contributed by atoms with van der Waals surface area (Å²) in [6, 6.07) is 19.4. The molecule has 5 rings (SSSR count). The summed E-state index contributed by atoms with van der Waals surface area (Å²) < 4.78 is 32.7. The maximum atomic E-state index is 7.21. The van der Waals surface area contributed by atoms with E-state index in [2.05, 4.69) is 212 Å². The van der Waals surface area contributed by atoms with Crippen LogP contribution in [0.5, 0.6) is 0 Å². The van der Waals surface area contributed by atoms with E-state index in [4.69, 9.17) is 18.9 Å².